The first-order chi connectivity index (χ1) is 12.1. The van der Waals surface area contributed by atoms with Crippen molar-refractivity contribution in [3.8, 4) is 5.75 Å². The average Bonchev–Trinajstić information content (AvgIpc) is 3.00. The molecule has 1 aromatic rings. The Kier molecular flexibility index (Phi) is 4.34. The Morgan fingerprint density at radius 2 is 2.08 bits per heavy atom. The third kappa shape index (κ3) is 2.78. The summed E-state index contributed by atoms with van der Waals surface area (Å²) < 4.78 is 5.24. The van der Waals surface area contributed by atoms with Crippen LogP contribution in [0.5, 0.6) is 5.75 Å². The molecule has 3 fully saturated rings. The molecule has 2 bridgehead atoms. The zero-order chi connectivity index (χ0) is 17.6. The van der Waals surface area contributed by atoms with Crippen LogP contribution >= 0.6 is 0 Å². The molecular weight excluding hydrogens is 316 g/mol. The maximum atomic E-state index is 12.4. The van der Waals surface area contributed by atoms with Crippen LogP contribution in [0.25, 0.3) is 0 Å². The number of hydrogen-bond acceptors (Lipinski definition) is 5. The smallest absolute Gasteiger partial charge is 0.138 e. The van der Waals surface area contributed by atoms with E-state index in [0.29, 0.717) is 12.5 Å². The molecule has 1 aromatic carbocycles. The van der Waals surface area contributed by atoms with Gasteiger partial charge in [-0.3, -0.25) is 9.69 Å². The SMILES string of the molecule is CN[C@@H]1CN2[C@@H](Cc3ccc(OC)cc3)[C@H](O)[C@@H]3C[C@@]2(CCC3=O)C1. The van der Waals surface area contributed by atoms with Crippen molar-refractivity contribution >= 4 is 5.78 Å². The van der Waals surface area contributed by atoms with Crippen molar-refractivity contribution in [2.24, 2.45) is 5.92 Å². The van der Waals surface area contributed by atoms with Crippen LogP contribution in [0.3, 0.4) is 0 Å². The molecule has 0 unspecified atom stereocenters. The van der Waals surface area contributed by atoms with Crippen LogP contribution in [0.4, 0.5) is 0 Å². The van der Waals surface area contributed by atoms with E-state index >= 15 is 0 Å². The Morgan fingerprint density at radius 1 is 1.32 bits per heavy atom. The number of ketones is 1. The molecular formula is C20H28N2O3. The lowest BCUT2D eigenvalue weighted by Gasteiger charge is -2.55. The molecule has 2 heterocycles. The molecule has 25 heavy (non-hydrogen) atoms. The average molecular weight is 344 g/mol. The molecule has 0 amide bonds. The maximum absolute atomic E-state index is 12.4. The van der Waals surface area contributed by atoms with Gasteiger partial charge in [-0.15, -0.1) is 0 Å². The van der Waals surface area contributed by atoms with Crippen molar-refractivity contribution in [2.45, 2.75) is 55.8 Å². The largest absolute Gasteiger partial charge is 0.497 e. The lowest BCUT2D eigenvalue weighted by molar-refractivity contribution is -0.149. The van der Waals surface area contributed by atoms with Gasteiger partial charge in [0.25, 0.3) is 0 Å². The Hall–Kier alpha value is -1.43. The van der Waals surface area contributed by atoms with Gasteiger partial charge in [0.1, 0.15) is 11.5 Å². The van der Waals surface area contributed by atoms with Gasteiger partial charge in [0.15, 0.2) is 0 Å². The molecule has 0 aromatic heterocycles. The van der Waals surface area contributed by atoms with E-state index < -0.39 is 6.10 Å². The number of methoxy groups -OCH3 is 1. The van der Waals surface area contributed by atoms with Gasteiger partial charge < -0.3 is 15.2 Å². The predicted molar refractivity (Wildman–Crippen MR) is 95.7 cm³/mol. The van der Waals surface area contributed by atoms with E-state index in [0.717, 1.165) is 38.0 Å². The van der Waals surface area contributed by atoms with Gasteiger partial charge in [0.05, 0.1) is 13.2 Å². The topological polar surface area (TPSA) is 61.8 Å². The summed E-state index contributed by atoms with van der Waals surface area (Å²) in [6, 6.07) is 8.51. The van der Waals surface area contributed by atoms with Crippen molar-refractivity contribution in [1.29, 1.82) is 0 Å². The fraction of sp³-hybridized carbons (Fsp3) is 0.650. The molecule has 2 aliphatic heterocycles. The second-order valence-corrected chi connectivity index (χ2v) is 7.95. The van der Waals surface area contributed by atoms with E-state index in [2.05, 4.69) is 22.3 Å². The number of nitrogens with one attached hydrogen (secondary N) is 1. The van der Waals surface area contributed by atoms with Crippen LogP contribution < -0.4 is 10.1 Å². The zero-order valence-electron chi connectivity index (χ0n) is 15.1. The summed E-state index contributed by atoms with van der Waals surface area (Å²) in [6.45, 7) is 0.954. The van der Waals surface area contributed by atoms with Crippen molar-refractivity contribution in [2.75, 3.05) is 20.7 Å². The number of likely N-dealkylation sites (N-methyl/N-ethyl adjacent to an activating group) is 1. The number of Topliss-reactive ketones (excluding diaryl/α,β-unsaturated/α-hetero) is 1. The molecule has 1 saturated carbocycles. The number of piperidine rings is 1. The van der Waals surface area contributed by atoms with Crippen molar-refractivity contribution < 1.29 is 14.6 Å². The van der Waals surface area contributed by atoms with E-state index in [1.54, 1.807) is 7.11 Å². The van der Waals surface area contributed by atoms with Gasteiger partial charge in [-0.1, -0.05) is 12.1 Å². The van der Waals surface area contributed by atoms with Gasteiger partial charge in [-0.25, -0.2) is 0 Å². The van der Waals surface area contributed by atoms with Crippen molar-refractivity contribution in [3.05, 3.63) is 29.8 Å². The summed E-state index contributed by atoms with van der Waals surface area (Å²) in [4.78, 5) is 14.9. The molecule has 1 spiro atoms. The number of benzene rings is 1. The highest BCUT2D eigenvalue weighted by molar-refractivity contribution is 5.83. The van der Waals surface area contributed by atoms with Crippen LogP contribution in [0.1, 0.15) is 31.2 Å². The highest BCUT2D eigenvalue weighted by atomic mass is 16.5. The number of rotatable bonds is 4. The number of carbonyl (C=O) groups is 1. The molecule has 3 aliphatic rings. The number of carbonyl (C=O) groups excluding carboxylic acids is 1. The van der Waals surface area contributed by atoms with Gasteiger partial charge in [0, 0.05) is 36.5 Å². The maximum Gasteiger partial charge on any atom is 0.138 e. The normalized spacial score (nSPS) is 37.8. The van der Waals surface area contributed by atoms with Crippen molar-refractivity contribution in [1.82, 2.24) is 10.2 Å². The van der Waals surface area contributed by atoms with E-state index in [1.807, 2.05) is 19.2 Å². The predicted octanol–water partition coefficient (Wildman–Crippen LogP) is 1.38. The lowest BCUT2D eigenvalue weighted by Crippen LogP contribution is -2.65. The third-order valence-electron chi connectivity index (χ3n) is 6.72. The highest BCUT2D eigenvalue weighted by Gasteiger charge is 2.58. The lowest BCUT2D eigenvalue weighted by atomic mass is 9.66. The highest BCUT2D eigenvalue weighted by Crippen LogP contribution is 2.50. The third-order valence-corrected chi connectivity index (χ3v) is 6.72. The van der Waals surface area contributed by atoms with Crippen LogP contribution in [-0.2, 0) is 11.2 Å². The Bertz CT molecular complexity index is 647. The van der Waals surface area contributed by atoms with E-state index in [1.165, 1.54) is 5.56 Å². The number of fused-ring (bicyclic) bond motifs is 1. The fourth-order valence-electron chi connectivity index (χ4n) is 5.36. The van der Waals surface area contributed by atoms with Crippen molar-refractivity contribution in [3.63, 3.8) is 0 Å². The summed E-state index contributed by atoms with van der Waals surface area (Å²) in [5, 5.41) is 14.4. The molecule has 5 atom stereocenters. The molecule has 0 radical (unpaired) electrons. The number of aliphatic hydroxyl groups is 1. The molecule has 5 nitrogen and oxygen atoms in total. The first kappa shape index (κ1) is 17.0. The molecule has 5 heteroatoms. The minimum absolute atomic E-state index is 0.00902. The Morgan fingerprint density at radius 3 is 2.76 bits per heavy atom. The van der Waals surface area contributed by atoms with Crippen LogP contribution in [0.2, 0.25) is 0 Å². The molecule has 4 rings (SSSR count). The first-order valence-corrected chi connectivity index (χ1v) is 9.34. The van der Waals surface area contributed by atoms with Gasteiger partial charge in [0.2, 0.25) is 0 Å². The number of nitrogens with zero attached hydrogens (tertiary/aromatic N) is 1. The van der Waals surface area contributed by atoms with Gasteiger partial charge in [-0.2, -0.15) is 0 Å². The summed E-state index contributed by atoms with van der Waals surface area (Å²) in [7, 11) is 3.68. The Labute approximate surface area is 149 Å². The standard InChI is InChI=1S/C20H28N2O3/c1-21-14-10-20-8-7-18(23)16(11-20)19(24)17(22(20)12-14)9-13-3-5-15(25-2)6-4-13/h3-6,14,16-17,19,21,24H,7-12H2,1-2H3/t14-,16+,17-,19+,20+/m0/s1. The van der Waals surface area contributed by atoms with Crippen LogP contribution in [0.15, 0.2) is 24.3 Å². The summed E-state index contributed by atoms with van der Waals surface area (Å²) in [5.41, 5.74) is 1.27. The summed E-state index contributed by atoms with van der Waals surface area (Å²) in [6.07, 6.45) is 3.66. The zero-order valence-corrected chi connectivity index (χ0v) is 15.1. The van der Waals surface area contributed by atoms with Gasteiger partial charge in [-0.05, 0) is 50.4 Å². The monoisotopic (exact) mass is 344 g/mol. The minimum atomic E-state index is -0.571. The van der Waals surface area contributed by atoms with E-state index in [-0.39, 0.29) is 23.3 Å². The summed E-state index contributed by atoms with van der Waals surface area (Å²) >= 11 is 0. The minimum Gasteiger partial charge on any atom is -0.497 e. The molecule has 2 saturated heterocycles. The molecule has 1 aliphatic carbocycles. The molecule has 136 valence electrons. The number of hydrogen-bond donors (Lipinski definition) is 2. The fourth-order valence-corrected chi connectivity index (χ4v) is 5.36. The van der Waals surface area contributed by atoms with E-state index in [9.17, 15) is 9.90 Å². The number of ether oxygens (including phenoxy) is 1. The quantitative estimate of drug-likeness (QED) is 0.864. The van der Waals surface area contributed by atoms with E-state index in [4.69, 9.17) is 4.74 Å². The van der Waals surface area contributed by atoms with Crippen LogP contribution in [0, 0.1) is 5.92 Å². The molecule has 2 N–H and O–H groups in total. The second-order valence-electron chi connectivity index (χ2n) is 7.95. The second kappa shape index (κ2) is 6.38. The van der Waals surface area contributed by atoms with Gasteiger partial charge >= 0.3 is 0 Å². The Balaban J connectivity index is 1.63. The van der Waals surface area contributed by atoms with Crippen LogP contribution in [-0.4, -0.2) is 60.2 Å². The summed E-state index contributed by atoms with van der Waals surface area (Å²) in [5.74, 6) is 0.905. The first-order valence-electron chi connectivity index (χ1n) is 9.34. The number of aliphatic hydroxyl groups excluding tert-OH is 1.